The van der Waals surface area contributed by atoms with Gasteiger partial charge in [0.15, 0.2) is 0 Å². The molecular weight excluding hydrogens is 376 g/mol. The summed E-state index contributed by atoms with van der Waals surface area (Å²) in [6.45, 7) is 6.16. The molecule has 1 saturated heterocycles. The summed E-state index contributed by atoms with van der Waals surface area (Å²) in [7, 11) is -3.74. The van der Waals surface area contributed by atoms with Crippen LogP contribution in [0.15, 0.2) is 28.5 Å². The number of nitrogens with zero attached hydrogens (tertiary/aromatic N) is 4. The maximum atomic E-state index is 12.8. The topological polar surface area (TPSA) is 96.7 Å². The minimum Gasteiger partial charge on any atom is -0.295 e. The van der Waals surface area contributed by atoms with Crippen LogP contribution in [0.3, 0.4) is 0 Å². The van der Waals surface area contributed by atoms with Crippen molar-refractivity contribution in [3.63, 3.8) is 0 Å². The quantitative estimate of drug-likeness (QED) is 0.568. The number of nitro groups is 1. The summed E-state index contributed by atoms with van der Waals surface area (Å²) in [5.41, 5.74) is 1.26. The molecule has 140 valence electrons. The minimum atomic E-state index is -3.74. The first-order chi connectivity index (χ1) is 12.3. The number of hydrogen-bond donors (Lipinski definition) is 0. The summed E-state index contributed by atoms with van der Waals surface area (Å²) in [6, 6.07) is 4.06. The number of thiazole rings is 1. The molecule has 10 heteroatoms. The fourth-order valence-corrected chi connectivity index (χ4v) is 4.98. The summed E-state index contributed by atoms with van der Waals surface area (Å²) < 4.78 is 27.0. The second kappa shape index (κ2) is 7.39. The molecule has 1 aromatic heterocycles. The highest BCUT2D eigenvalue weighted by Crippen LogP contribution is 2.25. The lowest BCUT2D eigenvalue weighted by molar-refractivity contribution is -0.385. The van der Waals surface area contributed by atoms with Crippen molar-refractivity contribution in [3.05, 3.63) is 50.0 Å². The Morgan fingerprint density at radius 2 is 1.92 bits per heavy atom. The number of sulfonamides is 1. The molecule has 1 fully saturated rings. The third kappa shape index (κ3) is 3.93. The van der Waals surface area contributed by atoms with Gasteiger partial charge in [-0.1, -0.05) is 6.07 Å². The Morgan fingerprint density at radius 1 is 1.23 bits per heavy atom. The van der Waals surface area contributed by atoms with Gasteiger partial charge in [-0.25, -0.2) is 13.4 Å². The second-order valence-electron chi connectivity index (χ2n) is 6.24. The Labute approximate surface area is 156 Å². The normalized spacial score (nSPS) is 16.7. The maximum Gasteiger partial charge on any atom is 0.273 e. The Bertz CT molecular complexity index is 918. The van der Waals surface area contributed by atoms with Crippen LogP contribution < -0.4 is 0 Å². The van der Waals surface area contributed by atoms with Gasteiger partial charge in [-0.05, 0) is 19.9 Å². The van der Waals surface area contributed by atoms with Crippen LogP contribution in [0.5, 0.6) is 0 Å². The summed E-state index contributed by atoms with van der Waals surface area (Å²) in [6.07, 6.45) is 0. The third-order valence-corrected chi connectivity index (χ3v) is 7.12. The predicted octanol–water partition coefficient (Wildman–Crippen LogP) is 2.17. The first kappa shape index (κ1) is 18.9. The average molecular weight is 396 g/mol. The lowest BCUT2D eigenvalue weighted by atomic mass is 10.2. The molecule has 0 amide bonds. The van der Waals surface area contributed by atoms with Crippen LogP contribution in [0.2, 0.25) is 0 Å². The van der Waals surface area contributed by atoms with Crippen LogP contribution in [0.25, 0.3) is 0 Å². The van der Waals surface area contributed by atoms with E-state index in [4.69, 9.17) is 0 Å². The summed E-state index contributed by atoms with van der Waals surface area (Å²) >= 11 is 1.60. The number of nitro benzene ring substituents is 1. The van der Waals surface area contributed by atoms with Crippen LogP contribution in [0.4, 0.5) is 5.69 Å². The van der Waals surface area contributed by atoms with Gasteiger partial charge in [-0.15, -0.1) is 11.3 Å². The molecule has 26 heavy (non-hydrogen) atoms. The Morgan fingerprint density at radius 3 is 2.50 bits per heavy atom. The molecule has 0 bridgehead atoms. The van der Waals surface area contributed by atoms with Gasteiger partial charge in [0.05, 0.1) is 20.5 Å². The van der Waals surface area contributed by atoms with Crippen LogP contribution in [0.1, 0.15) is 16.3 Å². The van der Waals surface area contributed by atoms with Crippen molar-refractivity contribution < 1.29 is 13.3 Å². The van der Waals surface area contributed by atoms with E-state index in [1.54, 1.807) is 18.3 Å². The molecule has 0 aliphatic carbocycles. The van der Waals surface area contributed by atoms with Crippen LogP contribution >= 0.6 is 11.3 Å². The minimum absolute atomic E-state index is 0.0293. The van der Waals surface area contributed by atoms with Gasteiger partial charge >= 0.3 is 0 Å². The molecule has 2 heterocycles. The zero-order valence-corrected chi connectivity index (χ0v) is 16.2. The first-order valence-corrected chi connectivity index (χ1v) is 10.5. The lowest BCUT2D eigenvalue weighted by Crippen LogP contribution is -2.48. The smallest absolute Gasteiger partial charge is 0.273 e. The fraction of sp³-hybridized carbons (Fsp3) is 0.438. The number of benzene rings is 1. The van der Waals surface area contributed by atoms with E-state index in [1.165, 1.54) is 16.4 Å². The van der Waals surface area contributed by atoms with Crippen LogP contribution in [-0.2, 0) is 16.6 Å². The van der Waals surface area contributed by atoms with Crippen molar-refractivity contribution in [2.45, 2.75) is 25.3 Å². The Balaban J connectivity index is 1.70. The molecule has 0 radical (unpaired) electrons. The van der Waals surface area contributed by atoms with Crippen molar-refractivity contribution in [2.24, 2.45) is 0 Å². The zero-order valence-electron chi connectivity index (χ0n) is 14.6. The molecule has 0 atom stereocenters. The summed E-state index contributed by atoms with van der Waals surface area (Å²) in [4.78, 5) is 17.1. The van der Waals surface area contributed by atoms with Gasteiger partial charge in [-0.2, -0.15) is 4.31 Å². The largest absolute Gasteiger partial charge is 0.295 e. The van der Waals surface area contributed by atoms with E-state index >= 15 is 0 Å². The highest BCUT2D eigenvalue weighted by Gasteiger charge is 2.30. The molecule has 1 aliphatic rings. The van der Waals surface area contributed by atoms with E-state index in [-0.39, 0.29) is 10.6 Å². The molecule has 8 nitrogen and oxygen atoms in total. The van der Waals surface area contributed by atoms with Crippen molar-refractivity contribution >= 4 is 27.0 Å². The predicted molar refractivity (Wildman–Crippen MR) is 98.7 cm³/mol. The molecule has 3 rings (SSSR count). The molecule has 0 unspecified atom stereocenters. The Hall–Kier alpha value is -1.88. The van der Waals surface area contributed by atoms with Gasteiger partial charge in [0.2, 0.25) is 10.0 Å². The number of aryl methyl sites for hydroxylation is 2. The highest BCUT2D eigenvalue weighted by molar-refractivity contribution is 7.89. The van der Waals surface area contributed by atoms with Gasteiger partial charge in [0.1, 0.15) is 0 Å². The Kier molecular flexibility index (Phi) is 5.37. The highest BCUT2D eigenvalue weighted by atomic mass is 32.2. The van der Waals surface area contributed by atoms with Gasteiger partial charge in [-0.3, -0.25) is 15.0 Å². The molecule has 1 aromatic carbocycles. The second-order valence-corrected chi connectivity index (χ2v) is 9.24. The van der Waals surface area contributed by atoms with Gasteiger partial charge < -0.3 is 0 Å². The molecule has 0 saturated carbocycles. The van der Waals surface area contributed by atoms with Crippen molar-refractivity contribution in [1.29, 1.82) is 0 Å². The molecule has 1 aliphatic heterocycles. The van der Waals surface area contributed by atoms with E-state index in [1.807, 2.05) is 12.3 Å². The summed E-state index contributed by atoms with van der Waals surface area (Å²) in [5.74, 6) is 0. The fourth-order valence-electron chi connectivity index (χ4n) is 2.93. The standard InChI is InChI=1S/C16H20N4O4S2/c1-12-3-4-15(9-16(12)20(21)22)26(23,24)19-7-5-18(6-8-19)10-14-11-25-13(2)17-14/h3-4,9,11H,5-8,10H2,1-2H3. The van der Waals surface area contributed by atoms with E-state index < -0.39 is 14.9 Å². The first-order valence-electron chi connectivity index (χ1n) is 8.16. The molecule has 0 N–H and O–H groups in total. The van der Waals surface area contributed by atoms with Crippen LogP contribution in [-0.4, -0.2) is 53.7 Å². The number of piperazine rings is 1. The van der Waals surface area contributed by atoms with Crippen molar-refractivity contribution in [1.82, 2.24) is 14.2 Å². The number of rotatable bonds is 5. The van der Waals surface area contributed by atoms with Crippen molar-refractivity contribution in [2.75, 3.05) is 26.2 Å². The molecule has 2 aromatic rings. The van der Waals surface area contributed by atoms with Crippen LogP contribution in [0, 0.1) is 24.0 Å². The summed E-state index contributed by atoms with van der Waals surface area (Å²) in [5, 5.41) is 14.1. The monoisotopic (exact) mass is 396 g/mol. The SMILES string of the molecule is Cc1nc(CN2CCN(S(=O)(=O)c3ccc(C)c([N+](=O)[O-])c3)CC2)cs1. The van der Waals surface area contributed by atoms with Crippen molar-refractivity contribution in [3.8, 4) is 0 Å². The number of hydrogen-bond acceptors (Lipinski definition) is 7. The maximum absolute atomic E-state index is 12.8. The molecule has 0 spiro atoms. The van der Waals surface area contributed by atoms with E-state index in [9.17, 15) is 18.5 Å². The number of aromatic nitrogens is 1. The van der Waals surface area contributed by atoms with E-state index in [0.717, 1.165) is 16.8 Å². The average Bonchev–Trinajstić information content (AvgIpc) is 3.00. The van der Waals surface area contributed by atoms with Gasteiger partial charge in [0, 0.05) is 49.7 Å². The van der Waals surface area contributed by atoms with E-state index in [2.05, 4.69) is 9.88 Å². The van der Waals surface area contributed by atoms with E-state index in [0.29, 0.717) is 38.3 Å². The zero-order chi connectivity index (χ0) is 18.9. The lowest BCUT2D eigenvalue weighted by Gasteiger charge is -2.33. The van der Waals surface area contributed by atoms with Gasteiger partial charge in [0.25, 0.3) is 5.69 Å². The molecular formula is C16H20N4O4S2. The third-order valence-electron chi connectivity index (χ3n) is 4.40.